The van der Waals surface area contributed by atoms with Crippen molar-refractivity contribution in [2.24, 2.45) is 0 Å². The number of nitro benzene ring substituents is 1. The molecule has 1 aliphatic heterocycles. The molecule has 1 N–H and O–H groups in total. The van der Waals surface area contributed by atoms with Gasteiger partial charge in [-0.3, -0.25) is 14.9 Å². The third-order valence-electron chi connectivity index (χ3n) is 3.19. The van der Waals surface area contributed by atoms with Crippen molar-refractivity contribution < 1.29 is 24.0 Å². The lowest BCUT2D eigenvalue weighted by Gasteiger charge is -2.21. The molecule has 1 aliphatic rings. The number of carboxylic acids is 1. The molecule has 1 heterocycles. The molecule has 7 nitrogen and oxygen atoms in total. The Morgan fingerprint density at radius 3 is 2.75 bits per heavy atom. The number of hydrogen-bond donors (Lipinski definition) is 1. The Hall–Kier alpha value is -2.51. The highest BCUT2D eigenvalue weighted by atomic mass is 19.1. The number of nitro groups is 1. The van der Waals surface area contributed by atoms with Gasteiger partial charge in [0.25, 0.3) is 5.91 Å². The van der Waals surface area contributed by atoms with Gasteiger partial charge in [0, 0.05) is 18.2 Å². The number of hydrogen-bond acceptors (Lipinski definition) is 4. The van der Waals surface area contributed by atoms with Gasteiger partial charge >= 0.3 is 11.7 Å². The fourth-order valence-electron chi connectivity index (χ4n) is 2.22. The van der Waals surface area contributed by atoms with Crippen molar-refractivity contribution in [3.8, 4) is 0 Å². The highest BCUT2D eigenvalue weighted by molar-refractivity contribution is 5.97. The van der Waals surface area contributed by atoms with Gasteiger partial charge in [-0.2, -0.15) is 4.39 Å². The maximum absolute atomic E-state index is 13.2. The average Bonchev–Trinajstić information content (AvgIpc) is 2.87. The molecule has 0 radical (unpaired) electrons. The molecule has 1 amide bonds. The van der Waals surface area contributed by atoms with Crippen molar-refractivity contribution in [3.63, 3.8) is 0 Å². The molecule has 0 bridgehead atoms. The van der Waals surface area contributed by atoms with Crippen LogP contribution in [0, 0.1) is 15.9 Å². The Bertz CT molecular complexity index is 589. The van der Waals surface area contributed by atoms with Gasteiger partial charge in [-0.1, -0.05) is 0 Å². The van der Waals surface area contributed by atoms with Crippen LogP contribution >= 0.6 is 0 Å². The molecular weight excluding hydrogens is 271 g/mol. The molecule has 0 saturated carbocycles. The molecule has 106 valence electrons. The minimum absolute atomic E-state index is 0.0914. The van der Waals surface area contributed by atoms with E-state index in [1.54, 1.807) is 0 Å². The van der Waals surface area contributed by atoms with Crippen LogP contribution in [-0.2, 0) is 4.79 Å². The minimum Gasteiger partial charge on any atom is -0.480 e. The second-order valence-corrected chi connectivity index (χ2v) is 4.42. The number of benzene rings is 1. The summed E-state index contributed by atoms with van der Waals surface area (Å²) in [5.74, 6) is -2.80. The van der Waals surface area contributed by atoms with E-state index in [0.29, 0.717) is 12.8 Å². The highest BCUT2D eigenvalue weighted by Gasteiger charge is 2.35. The minimum atomic E-state index is -1.12. The summed E-state index contributed by atoms with van der Waals surface area (Å²) in [6.07, 6.45) is 0.885. The van der Waals surface area contributed by atoms with Crippen molar-refractivity contribution in [1.82, 2.24) is 4.90 Å². The molecule has 2 rings (SSSR count). The number of aliphatic carboxylic acids is 1. The van der Waals surface area contributed by atoms with E-state index in [2.05, 4.69) is 0 Å². The van der Waals surface area contributed by atoms with Crippen LogP contribution in [-0.4, -0.2) is 39.4 Å². The molecule has 1 aromatic carbocycles. The van der Waals surface area contributed by atoms with E-state index in [1.165, 1.54) is 0 Å². The molecule has 1 saturated heterocycles. The zero-order chi connectivity index (χ0) is 14.9. The zero-order valence-electron chi connectivity index (χ0n) is 10.3. The van der Waals surface area contributed by atoms with Gasteiger partial charge in [-0.05, 0) is 25.0 Å². The number of rotatable bonds is 3. The predicted molar refractivity (Wildman–Crippen MR) is 64.7 cm³/mol. The summed E-state index contributed by atoms with van der Waals surface area (Å²) in [6.45, 7) is 0.265. The molecular formula is C12H11FN2O5. The number of nitrogens with zero attached hydrogens (tertiary/aromatic N) is 2. The van der Waals surface area contributed by atoms with E-state index in [9.17, 15) is 24.1 Å². The standard InChI is InChI=1S/C12H11FN2O5/c13-8-4-3-7(6-10(8)15(19)20)11(16)14-5-1-2-9(14)12(17)18/h3-4,6,9H,1-2,5H2,(H,17,18)/t9-/m1/s1. The lowest BCUT2D eigenvalue weighted by atomic mass is 10.1. The smallest absolute Gasteiger partial charge is 0.326 e. The third-order valence-corrected chi connectivity index (χ3v) is 3.19. The van der Waals surface area contributed by atoms with Crippen molar-refractivity contribution >= 4 is 17.6 Å². The third kappa shape index (κ3) is 2.44. The Balaban J connectivity index is 2.32. The quantitative estimate of drug-likeness (QED) is 0.667. The average molecular weight is 282 g/mol. The van der Waals surface area contributed by atoms with Gasteiger partial charge in [0.1, 0.15) is 6.04 Å². The Kier molecular flexibility index (Phi) is 3.64. The van der Waals surface area contributed by atoms with Crippen LogP contribution in [0.1, 0.15) is 23.2 Å². The van der Waals surface area contributed by atoms with Gasteiger partial charge in [0.05, 0.1) is 4.92 Å². The first kappa shape index (κ1) is 13.9. The highest BCUT2D eigenvalue weighted by Crippen LogP contribution is 2.23. The molecule has 8 heteroatoms. The van der Waals surface area contributed by atoms with Crippen LogP contribution in [0.3, 0.4) is 0 Å². The molecule has 0 spiro atoms. The Morgan fingerprint density at radius 1 is 1.45 bits per heavy atom. The summed E-state index contributed by atoms with van der Waals surface area (Å²) in [7, 11) is 0. The fourth-order valence-corrected chi connectivity index (χ4v) is 2.22. The summed E-state index contributed by atoms with van der Waals surface area (Å²) >= 11 is 0. The first-order chi connectivity index (χ1) is 9.41. The van der Waals surface area contributed by atoms with Gasteiger partial charge in [0.15, 0.2) is 0 Å². The van der Waals surface area contributed by atoms with Gasteiger partial charge < -0.3 is 10.0 Å². The van der Waals surface area contributed by atoms with Crippen LogP contribution < -0.4 is 0 Å². The maximum atomic E-state index is 13.2. The van der Waals surface area contributed by atoms with Gasteiger partial charge in [-0.25, -0.2) is 4.79 Å². The predicted octanol–water partition coefficient (Wildman–Crippen LogP) is 1.42. The van der Waals surface area contributed by atoms with E-state index in [1.807, 2.05) is 0 Å². The van der Waals surface area contributed by atoms with E-state index in [4.69, 9.17) is 5.11 Å². The lowest BCUT2D eigenvalue weighted by molar-refractivity contribution is -0.387. The van der Waals surface area contributed by atoms with Crippen LogP contribution in [0.15, 0.2) is 18.2 Å². The van der Waals surface area contributed by atoms with Crippen molar-refractivity contribution in [2.45, 2.75) is 18.9 Å². The Labute approximate surface area is 112 Å². The molecule has 1 fully saturated rings. The van der Waals surface area contributed by atoms with E-state index in [-0.39, 0.29) is 12.1 Å². The summed E-state index contributed by atoms with van der Waals surface area (Å²) in [5.41, 5.74) is -0.895. The topological polar surface area (TPSA) is 101 Å². The van der Waals surface area contributed by atoms with Crippen molar-refractivity contribution in [3.05, 3.63) is 39.7 Å². The summed E-state index contributed by atoms with van der Waals surface area (Å²) in [6, 6.07) is 1.83. The first-order valence-electron chi connectivity index (χ1n) is 5.89. The van der Waals surface area contributed by atoms with Gasteiger partial charge in [-0.15, -0.1) is 0 Å². The van der Waals surface area contributed by atoms with Crippen LogP contribution in [0.2, 0.25) is 0 Å². The normalized spacial score (nSPS) is 18.1. The summed E-state index contributed by atoms with van der Waals surface area (Å²) in [4.78, 5) is 34.0. The number of likely N-dealkylation sites (tertiary alicyclic amines) is 1. The number of halogens is 1. The maximum Gasteiger partial charge on any atom is 0.326 e. The number of carboxylic acid groups (broad SMARTS) is 1. The van der Waals surface area contributed by atoms with E-state index < -0.39 is 34.3 Å². The number of carbonyl (C=O) groups is 2. The van der Waals surface area contributed by atoms with E-state index in [0.717, 1.165) is 23.1 Å². The first-order valence-corrected chi connectivity index (χ1v) is 5.89. The largest absolute Gasteiger partial charge is 0.480 e. The molecule has 0 unspecified atom stereocenters. The van der Waals surface area contributed by atoms with Crippen molar-refractivity contribution in [2.75, 3.05) is 6.54 Å². The molecule has 1 atom stereocenters. The summed E-state index contributed by atoms with van der Waals surface area (Å²) in [5, 5.41) is 19.6. The van der Waals surface area contributed by atoms with Crippen LogP contribution in [0.5, 0.6) is 0 Å². The number of amides is 1. The molecule has 0 aromatic heterocycles. The molecule has 1 aromatic rings. The SMILES string of the molecule is O=C(O)[C@H]1CCCN1C(=O)c1ccc(F)c([N+](=O)[O-])c1. The fraction of sp³-hybridized carbons (Fsp3) is 0.333. The Morgan fingerprint density at radius 2 is 2.15 bits per heavy atom. The molecule has 0 aliphatic carbocycles. The second kappa shape index (κ2) is 5.24. The zero-order valence-corrected chi connectivity index (χ0v) is 10.3. The lowest BCUT2D eigenvalue weighted by Crippen LogP contribution is -2.40. The number of carbonyl (C=O) groups excluding carboxylic acids is 1. The van der Waals surface area contributed by atoms with Crippen LogP contribution in [0.4, 0.5) is 10.1 Å². The summed E-state index contributed by atoms with van der Waals surface area (Å²) < 4.78 is 13.2. The molecule has 20 heavy (non-hydrogen) atoms. The van der Waals surface area contributed by atoms with Crippen LogP contribution in [0.25, 0.3) is 0 Å². The van der Waals surface area contributed by atoms with Crippen molar-refractivity contribution in [1.29, 1.82) is 0 Å². The second-order valence-electron chi connectivity index (χ2n) is 4.42. The van der Waals surface area contributed by atoms with E-state index >= 15 is 0 Å². The van der Waals surface area contributed by atoms with Gasteiger partial charge in [0.2, 0.25) is 5.82 Å². The monoisotopic (exact) mass is 282 g/mol.